The van der Waals surface area contributed by atoms with Crippen molar-refractivity contribution >= 4 is 0 Å². The van der Waals surface area contributed by atoms with Gasteiger partial charge < -0.3 is 4.74 Å². The van der Waals surface area contributed by atoms with Gasteiger partial charge in [-0.05, 0) is 12.8 Å². The van der Waals surface area contributed by atoms with Crippen LogP contribution in [0, 0.1) is 6.92 Å². The zero-order valence-electron chi connectivity index (χ0n) is 6.10. The summed E-state index contributed by atoms with van der Waals surface area (Å²) in [4.78, 5) is 0. The summed E-state index contributed by atoms with van der Waals surface area (Å²) < 4.78 is 5.09. The molecule has 1 radical (unpaired) electrons. The van der Waals surface area contributed by atoms with Crippen molar-refractivity contribution in [2.75, 3.05) is 6.61 Å². The summed E-state index contributed by atoms with van der Waals surface area (Å²) in [6, 6.07) is 0. The molecule has 1 heteroatoms. The van der Waals surface area contributed by atoms with Gasteiger partial charge in [-0.3, -0.25) is 0 Å². The van der Waals surface area contributed by atoms with Crippen LogP contribution in [0.4, 0.5) is 0 Å². The normalized spacial score (nSPS) is 10.4. The molecule has 0 aliphatic heterocycles. The Hall–Kier alpha value is -0.460. The average Bonchev–Trinajstić information content (AvgIpc) is 1.89. The van der Waals surface area contributed by atoms with E-state index in [1.165, 1.54) is 0 Å². The highest BCUT2D eigenvalue weighted by Crippen LogP contribution is 1.88. The lowest BCUT2D eigenvalue weighted by Gasteiger charge is -1.95. The molecule has 0 aromatic carbocycles. The molecule has 0 heterocycles. The lowest BCUT2D eigenvalue weighted by atomic mass is 10.4. The van der Waals surface area contributed by atoms with Gasteiger partial charge in [-0.1, -0.05) is 26.3 Å². The summed E-state index contributed by atoms with van der Waals surface area (Å²) >= 11 is 0. The predicted molar refractivity (Wildman–Crippen MR) is 40.0 cm³/mol. The monoisotopic (exact) mass is 127 g/mol. The second kappa shape index (κ2) is 7.54. The molecule has 0 aliphatic rings. The van der Waals surface area contributed by atoms with Crippen LogP contribution < -0.4 is 0 Å². The Labute approximate surface area is 57.7 Å². The predicted octanol–water partition coefficient (Wildman–Crippen LogP) is 2.54. The van der Waals surface area contributed by atoms with E-state index in [1.807, 2.05) is 6.08 Å². The van der Waals surface area contributed by atoms with Crippen LogP contribution in [0.25, 0.3) is 0 Å². The second-order valence-electron chi connectivity index (χ2n) is 1.86. The zero-order chi connectivity index (χ0) is 6.95. The number of allylic oxidation sites excluding steroid dienone is 1. The van der Waals surface area contributed by atoms with E-state index in [1.54, 1.807) is 6.26 Å². The fourth-order valence-corrected chi connectivity index (χ4v) is 0.418. The Morgan fingerprint density at radius 1 is 1.56 bits per heavy atom. The third-order valence-corrected chi connectivity index (χ3v) is 0.940. The van der Waals surface area contributed by atoms with E-state index in [-0.39, 0.29) is 0 Å². The van der Waals surface area contributed by atoms with Gasteiger partial charge in [0.15, 0.2) is 0 Å². The minimum Gasteiger partial charge on any atom is -0.502 e. The average molecular weight is 127 g/mol. The third kappa shape index (κ3) is 7.54. The molecule has 0 bridgehead atoms. The molecular weight excluding hydrogens is 112 g/mol. The number of hydrogen-bond donors (Lipinski definition) is 0. The van der Waals surface area contributed by atoms with Crippen molar-refractivity contribution in [3.63, 3.8) is 0 Å². The first-order chi connectivity index (χ1) is 4.41. The quantitative estimate of drug-likeness (QED) is 0.407. The van der Waals surface area contributed by atoms with Crippen LogP contribution in [-0.2, 0) is 4.74 Å². The Balaban J connectivity index is 2.82. The molecule has 0 saturated carbocycles. The van der Waals surface area contributed by atoms with Crippen molar-refractivity contribution in [1.29, 1.82) is 0 Å². The van der Waals surface area contributed by atoms with Crippen LogP contribution in [0.2, 0.25) is 0 Å². The fraction of sp³-hybridized carbons (Fsp3) is 0.625. The summed E-state index contributed by atoms with van der Waals surface area (Å²) in [6.07, 6.45) is 6.82. The maximum Gasteiger partial charge on any atom is 0.0873 e. The minimum absolute atomic E-state index is 0.806. The highest BCUT2D eigenvalue weighted by molar-refractivity contribution is 4.70. The van der Waals surface area contributed by atoms with Crippen molar-refractivity contribution < 1.29 is 4.74 Å². The smallest absolute Gasteiger partial charge is 0.0873 e. The van der Waals surface area contributed by atoms with E-state index in [2.05, 4.69) is 13.8 Å². The van der Waals surface area contributed by atoms with Gasteiger partial charge in [0.25, 0.3) is 0 Å². The van der Waals surface area contributed by atoms with Crippen molar-refractivity contribution in [2.45, 2.75) is 26.2 Å². The third-order valence-electron chi connectivity index (χ3n) is 0.940. The van der Waals surface area contributed by atoms with Crippen LogP contribution in [0.3, 0.4) is 0 Å². The lowest BCUT2D eigenvalue weighted by molar-refractivity contribution is 0.244. The molecule has 0 aliphatic carbocycles. The first-order valence-corrected chi connectivity index (χ1v) is 3.47. The highest BCUT2D eigenvalue weighted by Gasteiger charge is 1.78. The van der Waals surface area contributed by atoms with Crippen LogP contribution in [0.5, 0.6) is 0 Å². The molecule has 0 aromatic heterocycles. The van der Waals surface area contributed by atoms with E-state index < -0.39 is 0 Å². The summed E-state index contributed by atoms with van der Waals surface area (Å²) in [5.41, 5.74) is 0. The van der Waals surface area contributed by atoms with Gasteiger partial charge >= 0.3 is 0 Å². The maximum atomic E-state index is 5.09. The van der Waals surface area contributed by atoms with Crippen LogP contribution in [-0.4, -0.2) is 6.61 Å². The molecule has 0 N–H and O–H groups in total. The first-order valence-electron chi connectivity index (χ1n) is 3.47. The standard InChI is InChI=1S/C8H15O/c1-3-5-7-9-8-6-4-2/h6,8H,1,3-5,7H2,2H3. The Morgan fingerprint density at radius 3 is 2.89 bits per heavy atom. The Bertz CT molecular complexity index is 67.0. The topological polar surface area (TPSA) is 9.23 Å². The summed E-state index contributed by atoms with van der Waals surface area (Å²) in [7, 11) is 0. The fourth-order valence-electron chi connectivity index (χ4n) is 0.418. The molecule has 0 aromatic rings. The number of rotatable bonds is 5. The van der Waals surface area contributed by atoms with Crippen LogP contribution >= 0.6 is 0 Å². The maximum absolute atomic E-state index is 5.09. The highest BCUT2D eigenvalue weighted by atomic mass is 16.5. The van der Waals surface area contributed by atoms with Gasteiger partial charge in [0, 0.05) is 0 Å². The van der Waals surface area contributed by atoms with Gasteiger partial charge in [0.2, 0.25) is 0 Å². The van der Waals surface area contributed by atoms with Gasteiger partial charge in [0.05, 0.1) is 12.9 Å². The zero-order valence-corrected chi connectivity index (χ0v) is 6.10. The van der Waals surface area contributed by atoms with Gasteiger partial charge in [0.1, 0.15) is 0 Å². The SMILES string of the molecule is [CH2]CCCOC=CCC. The summed E-state index contributed by atoms with van der Waals surface area (Å²) in [6.45, 7) is 6.59. The van der Waals surface area contributed by atoms with Gasteiger partial charge in [-0.25, -0.2) is 0 Å². The molecule has 0 amide bonds. The van der Waals surface area contributed by atoms with Crippen LogP contribution in [0.1, 0.15) is 26.2 Å². The Kier molecular flexibility index (Phi) is 7.15. The van der Waals surface area contributed by atoms with Crippen molar-refractivity contribution in [3.8, 4) is 0 Å². The summed E-state index contributed by atoms with van der Waals surface area (Å²) in [5, 5.41) is 0. The van der Waals surface area contributed by atoms with E-state index in [0.29, 0.717) is 0 Å². The van der Waals surface area contributed by atoms with E-state index in [0.717, 1.165) is 25.9 Å². The van der Waals surface area contributed by atoms with Crippen molar-refractivity contribution in [2.24, 2.45) is 0 Å². The number of hydrogen-bond acceptors (Lipinski definition) is 1. The molecule has 9 heavy (non-hydrogen) atoms. The second-order valence-corrected chi connectivity index (χ2v) is 1.86. The van der Waals surface area contributed by atoms with E-state index in [4.69, 9.17) is 4.74 Å². The first kappa shape index (κ1) is 8.54. The minimum atomic E-state index is 0.806. The largest absolute Gasteiger partial charge is 0.502 e. The number of ether oxygens (including phenoxy) is 1. The lowest BCUT2D eigenvalue weighted by Crippen LogP contribution is -1.84. The van der Waals surface area contributed by atoms with E-state index >= 15 is 0 Å². The van der Waals surface area contributed by atoms with Crippen molar-refractivity contribution in [1.82, 2.24) is 0 Å². The molecule has 53 valence electrons. The van der Waals surface area contributed by atoms with Crippen molar-refractivity contribution in [3.05, 3.63) is 19.3 Å². The van der Waals surface area contributed by atoms with E-state index in [9.17, 15) is 0 Å². The molecule has 0 rings (SSSR count). The molecule has 0 spiro atoms. The van der Waals surface area contributed by atoms with Gasteiger partial charge in [-0.15, -0.1) is 0 Å². The number of unbranched alkanes of at least 4 members (excludes halogenated alkanes) is 1. The molecule has 0 fully saturated rings. The Morgan fingerprint density at radius 2 is 2.33 bits per heavy atom. The molecule has 0 atom stereocenters. The summed E-state index contributed by atoms with van der Waals surface area (Å²) in [5.74, 6) is 0. The molecule has 0 saturated heterocycles. The van der Waals surface area contributed by atoms with Gasteiger partial charge in [-0.2, -0.15) is 0 Å². The molecule has 1 nitrogen and oxygen atoms in total. The van der Waals surface area contributed by atoms with Crippen LogP contribution in [0.15, 0.2) is 12.3 Å². The molecule has 0 unspecified atom stereocenters. The molecular formula is C8H15O.